The quantitative estimate of drug-likeness (QED) is 0.775. The van der Waals surface area contributed by atoms with Crippen molar-refractivity contribution in [3.63, 3.8) is 0 Å². The fourth-order valence-corrected chi connectivity index (χ4v) is 3.41. The van der Waals surface area contributed by atoms with Crippen LogP contribution in [0.2, 0.25) is 0 Å². The van der Waals surface area contributed by atoms with Crippen molar-refractivity contribution in [2.45, 2.75) is 12.6 Å². The van der Waals surface area contributed by atoms with Gasteiger partial charge in [0.2, 0.25) is 0 Å². The van der Waals surface area contributed by atoms with Crippen molar-refractivity contribution in [3.05, 3.63) is 43.4 Å². The molecule has 0 aliphatic heterocycles. The number of rotatable bonds is 6. The van der Waals surface area contributed by atoms with Crippen LogP contribution in [-0.4, -0.2) is 25.5 Å². The minimum Gasteiger partial charge on any atom is -0.452 e. The molecule has 19 heavy (non-hydrogen) atoms. The highest BCUT2D eigenvalue weighted by molar-refractivity contribution is 9.13. The molecule has 2 aromatic heterocycles. The maximum atomic E-state index is 5.54. The van der Waals surface area contributed by atoms with Gasteiger partial charge in [0, 0.05) is 11.4 Å². The van der Waals surface area contributed by atoms with E-state index in [-0.39, 0.29) is 0 Å². The highest BCUT2D eigenvalue weighted by Gasteiger charge is 2.15. The first kappa shape index (κ1) is 15.3. The van der Waals surface area contributed by atoms with Gasteiger partial charge < -0.3 is 14.6 Å². The maximum absolute atomic E-state index is 5.54. The van der Waals surface area contributed by atoms with E-state index < -0.39 is 0 Å². The zero-order valence-electron chi connectivity index (χ0n) is 10.8. The predicted octanol–water partition coefficient (Wildman–Crippen LogP) is 4.26. The zero-order chi connectivity index (χ0) is 13.8. The van der Waals surface area contributed by atoms with Gasteiger partial charge in [-0.2, -0.15) is 0 Å². The lowest BCUT2D eigenvalue weighted by molar-refractivity contribution is 0.289. The molecule has 0 spiro atoms. The van der Waals surface area contributed by atoms with Crippen molar-refractivity contribution in [1.29, 1.82) is 0 Å². The summed E-state index contributed by atoms with van der Waals surface area (Å²) < 4.78 is 7.24. The molecule has 0 aliphatic carbocycles. The Morgan fingerprint density at radius 2 is 2.21 bits per heavy atom. The average Bonchev–Trinajstić information content (AvgIpc) is 2.96. The van der Waals surface area contributed by atoms with Crippen LogP contribution < -0.4 is 5.32 Å². The lowest BCUT2D eigenvalue weighted by Crippen LogP contribution is -2.30. The average molecular weight is 408 g/mol. The van der Waals surface area contributed by atoms with Crippen molar-refractivity contribution >= 4 is 43.2 Å². The molecule has 0 fully saturated rings. The third-order valence-corrected chi connectivity index (χ3v) is 5.51. The Bertz CT molecular complexity index is 491. The molecule has 1 unspecified atom stereocenters. The number of nitrogens with one attached hydrogen (secondary N) is 1. The van der Waals surface area contributed by atoms with Crippen LogP contribution in [-0.2, 0) is 6.54 Å². The van der Waals surface area contributed by atoms with E-state index in [0.717, 1.165) is 28.0 Å². The Kier molecular flexibility index (Phi) is 5.65. The normalized spacial score (nSPS) is 13.1. The van der Waals surface area contributed by atoms with Gasteiger partial charge in [-0.3, -0.25) is 0 Å². The smallest absolute Gasteiger partial charge is 0.183 e. The summed E-state index contributed by atoms with van der Waals surface area (Å²) in [6, 6.07) is 6.64. The van der Waals surface area contributed by atoms with E-state index in [0.29, 0.717) is 6.04 Å². The second kappa shape index (κ2) is 7.04. The molecule has 0 aliphatic rings. The molecule has 0 saturated carbocycles. The van der Waals surface area contributed by atoms with Crippen LogP contribution in [0, 0.1) is 0 Å². The van der Waals surface area contributed by atoms with Gasteiger partial charge in [-0.25, -0.2) is 0 Å². The van der Waals surface area contributed by atoms with Crippen molar-refractivity contribution in [1.82, 2.24) is 10.2 Å². The van der Waals surface area contributed by atoms with Gasteiger partial charge in [0.25, 0.3) is 0 Å². The molecule has 6 heteroatoms. The third-order valence-electron chi connectivity index (χ3n) is 2.83. The monoisotopic (exact) mass is 406 g/mol. The van der Waals surface area contributed by atoms with Crippen LogP contribution in [0.3, 0.4) is 0 Å². The van der Waals surface area contributed by atoms with Crippen molar-refractivity contribution in [2.24, 2.45) is 0 Å². The molecule has 0 radical (unpaired) electrons. The lowest BCUT2D eigenvalue weighted by Gasteiger charge is -2.23. The van der Waals surface area contributed by atoms with E-state index in [1.54, 1.807) is 11.3 Å². The first-order valence-electron chi connectivity index (χ1n) is 5.92. The minimum atomic E-state index is 0.391. The Balaban J connectivity index is 1.89. The van der Waals surface area contributed by atoms with E-state index in [1.165, 1.54) is 4.88 Å². The first-order chi connectivity index (χ1) is 9.08. The molecular weight excluding hydrogens is 392 g/mol. The Morgan fingerprint density at radius 3 is 2.74 bits per heavy atom. The van der Waals surface area contributed by atoms with Gasteiger partial charge in [0.1, 0.15) is 5.76 Å². The Hall–Kier alpha value is -0.140. The second-order valence-corrected chi connectivity index (χ2v) is 7.01. The van der Waals surface area contributed by atoms with Crippen LogP contribution in [0.25, 0.3) is 0 Å². The molecule has 1 N–H and O–H groups in total. The number of nitrogens with zero attached hydrogens (tertiary/aromatic N) is 1. The molecule has 0 amide bonds. The van der Waals surface area contributed by atoms with E-state index in [2.05, 4.69) is 73.7 Å². The fourth-order valence-electron chi connectivity index (χ4n) is 1.83. The molecule has 2 heterocycles. The summed E-state index contributed by atoms with van der Waals surface area (Å²) in [6.07, 6.45) is 0. The van der Waals surface area contributed by atoms with Crippen LogP contribution in [0.1, 0.15) is 16.7 Å². The predicted molar refractivity (Wildman–Crippen MR) is 86.6 cm³/mol. The SMILES string of the molecule is CN(C)C(CNCc1cc(Br)c(Br)o1)c1cccs1. The number of furan rings is 1. The lowest BCUT2D eigenvalue weighted by atomic mass is 10.2. The second-order valence-electron chi connectivity index (χ2n) is 4.46. The molecular formula is C13H16Br2N2OS. The van der Waals surface area contributed by atoms with Gasteiger partial charge in [0.05, 0.1) is 17.1 Å². The summed E-state index contributed by atoms with van der Waals surface area (Å²) in [4.78, 5) is 3.60. The third kappa shape index (κ3) is 4.16. The standard InChI is InChI=1S/C13H16Br2N2OS/c1-17(2)11(12-4-3-5-19-12)8-16-7-9-6-10(14)13(15)18-9/h3-6,11,16H,7-8H2,1-2H3. The van der Waals surface area contributed by atoms with Crippen molar-refractivity contribution < 1.29 is 4.42 Å². The summed E-state index contributed by atoms with van der Waals surface area (Å²) in [5.74, 6) is 0.919. The zero-order valence-corrected chi connectivity index (χ0v) is 14.8. The van der Waals surface area contributed by atoms with E-state index in [9.17, 15) is 0 Å². The molecule has 104 valence electrons. The van der Waals surface area contributed by atoms with Crippen molar-refractivity contribution in [3.8, 4) is 0 Å². The van der Waals surface area contributed by atoms with Crippen LogP contribution in [0.5, 0.6) is 0 Å². The van der Waals surface area contributed by atoms with Gasteiger partial charge in [-0.15, -0.1) is 11.3 Å². The first-order valence-corrected chi connectivity index (χ1v) is 8.38. The molecule has 2 rings (SSSR count). The number of likely N-dealkylation sites (N-methyl/N-ethyl adjacent to an activating group) is 1. The largest absolute Gasteiger partial charge is 0.452 e. The highest BCUT2D eigenvalue weighted by atomic mass is 79.9. The highest BCUT2D eigenvalue weighted by Crippen LogP contribution is 2.27. The fraction of sp³-hybridized carbons (Fsp3) is 0.385. The van der Waals surface area contributed by atoms with E-state index in [1.807, 2.05) is 6.07 Å². The van der Waals surface area contributed by atoms with E-state index in [4.69, 9.17) is 4.42 Å². The molecule has 0 bridgehead atoms. The Labute approximate surface area is 134 Å². The number of thiophene rings is 1. The summed E-state index contributed by atoms with van der Waals surface area (Å²) in [5, 5.41) is 5.56. The maximum Gasteiger partial charge on any atom is 0.183 e. The molecule has 2 aromatic rings. The number of hydrogen-bond acceptors (Lipinski definition) is 4. The van der Waals surface area contributed by atoms with Gasteiger partial charge in [-0.1, -0.05) is 6.07 Å². The number of hydrogen-bond donors (Lipinski definition) is 1. The topological polar surface area (TPSA) is 28.4 Å². The molecule has 1 atom stereocenters. The van der Waals surface area contributed by atoms with Crippen LogP contribution in [0.4, 0.5) is 0 Å². The summed E-state index contributed by atoms with van der Waals surface area (Å²) >= 11 is 8.55. The Morgan fingerprint density at radius 1 is 1.42 bits per heavy atom. The molecule has 0 aromatic carbocycles. The van der Waals surface area contributed by atoms with Crippen LogP contribution in [0.15, 0.2) is 37.1 Å². The van der Waals surface area contributed by atoms with Gasteiger partial charge >= 0.3 is 0 Å². The summed E-state index contributed by atoms with van der Waals surface area (Å²) in [5.41, 5.74) is 0. The van der Waals surface area contributed by atoms with Gasteiger partial charge in [-0.05, 0) is 63.5 Å². The van der Waals surface area contributed by atoms with Crippen LogP contribution >= 0.6 is 43.2 Å². The summed E-state index contributed by atoms with van der Waals surface area (Å²) in [7, 11) is 4.21. The summed E-state index contributed by atoms with van der Waals surface area (Å²) in [6.45, 7) is 1.61. The molecule has 3 nitrogen and oxygen atoms in total. The minimum absolute atomic E-state index is 0.391. The molecule has 0 saturated heterocycles. The van der Waals surface area contributed by atoms with E-state index >= 15 is 0 Å². The van der Waals surface area contributed by atoms with Gasteiger partial charge in [0.15, 0.2) is 4.67 Å². The number of halogens is 2. The van der Waals surface area contributed by atoms with Crippen molar-refractivity contribution in [2.75, 3.05) is 20.6 Å².